The van der Waals surface area contributed by atoms with Crippen LogP contribution < -0.4 is 10.2 Å². The molecule has 1 aromatic rings. The van der Waals surface area contributed by atoms with Gasteiger partial charge in [0.25, 0.3) is 0 Å². The largest absolute Gasteiger partial charge is 0.370 e. The molecule has 1 N–H and O–H groups in total. The van der Waals surface area contributed by atoms with Crippen LogP contribution in [-0.4, -0.2) is 49.0 Å². The van der Waals surface area contributed by atoms with Crippen molar-refractivity contribution in [2.45, 2.75) is 59.8 Å². The van der Waals surface area contributed by atoms with Gasteiger partial charge in [0, 0.05) is 19.5 Å². The third-order valence-corrected chi connectivity index (χ3v) is 5.72. The lowest BCUT2D eigenvalue weighted by molar-refractivity contribution is -0.117. The molecule has 1 fully saturated rings. The summed E-state index contributed by atoms with van der Waals surface area (Å²) in [5.41, 5.74) is 3.47. The molecule has 0 aromatic carbocycles. The Labute approximate surface area is 164 Å². The average Bonchev–Trinajstić information content (AvgIpc) is 2.56. The predicted molar refractivity (Wildman–Crippen MR) is 112 cm³/mol. The molecule has 1 saturated heterocycles. The number of nitrogens with one attached hydrogen (secondary N) is 1. The number of carbonyl (C=O) groups is 1. The van der Waals surface area contributed by atoms with Crippen LogP contribution in [0, 0.1) is 18.3 Å². The lowest BCUT2D eigenvalue weighted by Crippen LogP contribution is -2.39. The quantitative estimate of drug-likeness (QED) is 0.872. The van der Waals surface area contributed by atoms with Gasteiger partial charge in [-0.25, -0.2) is 4.98 Å². The van der Waals surface area contributed by atoms with Gasteiger partial charge in [-0.3, -0.25) is 4.79 Å². The minimum absolute atomic E-state index is 0.0168. The molecular formula is C22H36N4O. The molecule has 0 atom stereocenters. The molecule has 0 aliphatic carbocycles. The van der Waals surface area contributed by atoms with E-state index in [9.17, 15) is 4.79 Å². The van der Waals surface area contributed by atoms with Crippen LogP contribution in [0.3, 0.4) is 0 Å². The van der Waals surface area contributed by atoms with Gasteiger partial charge in [0.1, 0.15) is 5.82 Å². The number of nitrogens with zero attached hydrogens (tertiary/aromatic N) is 3. The van der Waals surface area contributed by atoms with Crippen molar-refractivity contribution < 1.29 is 4.79 Å². The van der Waals surface area contributed by atoms with E-state index in [4.69, 9.17) is 4.98 Å². The molecule has 2 aliphatic rings. The number of hydrogen-bond acceptors (Lipinski definition) is 4. The lowest BCUT2D eigenvalue weighted by Gasteiger charge is -2.37. The smallest absolute Gasteiger partial charge is 0.226 e. The van der Waals surface area contributed by atoms with Gasteiger partial charge in [-0.1, -0.05) is 20.8 Å². The minimum atomic E-state index is -0.0168. The molecule has 5 nitrogen and oxygen atoms in total. The first-order chi connectivity index (χ1) is 12.7. The zero-order valence-corrected chi connectivity index (χ0v) is 17.8. The summed E-state index contributed by atoms with van der Waals surface area (Å²) < 4.78 is 0. The van der Waals surface area contributed by atoms with Gasteiger partial charge < -0.3 is 15.1 Å². The fraction of sp³-hybridized carbons (Fsp3) is 0.727. The van der Waals surface area contributed by atoms with Crippen molar-refractivity contribution >= 4 is 17.4 Å². The van der Waals surface area contributed by atoms with Crippen molar-refractivity contribution in [3.05, 3.63) is 17.3 Å². The van der Waals surface area contributed by atoms with E-state index in [2.05, 4.69) is 55.9 Å². The van der Waals surface area contributed by atoms with Crippen LogP contribution in [0.4, 0.5) is 11.5 Å². The third kappa shape index (κ3) is 5.44. The third-order valence-electron chi connectivity index (χ3n) is 5.72. The standard InChI is InChI=1S/C22H36N4O/c1-16-13-19-18(23-21(16)24-20(27)14-22(2,3)4)7-6-10-26(19)15-17-8-11-25(5)12-9-17/h13,17H,6-12,14-15H2,1-5H3,(H,23,24,27). The maximum Gasteiger partial charge on any atom is 0.226 e. The molecule has 3 rings (SSSR count). The van der Waals surface area contributed by atoms with Crippen molar-refractivity contribution in [2.75, 3.05) is 43.4 Å². The predicted octanol–water partition coefficient (Wildman–Crippen LogP) is 3.86. The van der Waals surface area contributed by atoms with Crippen LogP contribution in [0.2, 0.25) is 0 Å². The first-order valence-electron chi connectivity index (χ1n) is 10.4. The minimum Gasteiger partial charge on any atom is -0.370 e. The molecule has 2 aliphatic heterocycles. The Morgan fingerprint density at radius 2 is 1.96 bits per heavy atom. The summed E-state index contributed by atoms with van der Waals surface area (Å²) in [6.45, 7) is 13.0. The van der Waals surface area contributed by atoms with Gasteiger partial charge in [0.15, 0.2) is 0 Å². The van der Waals surface area contributed by atoms with E-state index in [1.165, 1.54) is 31.6 Å². The number of fused-ring (bicyclic) bond motifs is 1. The second-order valence-corrected chi connectivity index (χ2v) is 9.70. The van der Waals surface area contributed by atoms with Crippen molar-refractivity contribution in [3.63, 3.8) is 0 Å². The number of carbonyl (C=O) groups excluding carboxylic acids is 1. The normalized spacial score (nSPS) is 19.1. The Morgan fingerprint density at radius 1 is 1.26 bits per heavy atom. The molecule has 0 saturated carbocycles. The maximum atomic E-state index is 12.3. The molecule has 3 heterocycles. The fourth-order valence-electron chi connectivity index (χ4n) is 4.18. The molecule has 0 bridgehead atoms. The summed E-state index contributed by atoms with van der Waals surface area (Å²) in [5.74, 6) is 1.57. The summed E-state index contributed by atoms with van der Waals surface area (Å²) in [6, 6.07) is 2.24. The van der Waals surface area contributed by atoms with Gasteiger partial charge in [0.2, 0.25) is 5.91 Å². The SMILES string of the molecule is Cc1cc2c(nc1NC(=O)CC(C)(C)C)CCCN2CC1CCN(C)CC1. The maximum absolute atomic E-state index is 12.3. The highest BCUT2D eigenvalue weighted by Gasteiger charge is 2.25. The summed E-state index contributed by atoms with van der Waals surface area (Å²) in [4.78, 5) is 22.2. The van der Waals surface area contributed by atoms with E-state index in [1.807, 2.05) is 0 Å². The Morgan fingerprint density at radius 3 is 2.63 bits per heavy atom. The van der Waals surface area contributed by atoms with Crippen LogP contribution in [0.15, 0.2) is 6.07 Å². The van der Waals surface area contributed by atoms with Crippen LogP contribution in [0.25, 0.3) is 0 Å². The second kappa shape index (κ2) is 8.17. The number of hydrogen-bond donors (Lipinski definition) is 1. The highest BCUT2D eigenvalue weighted by Crippen LogP contribution is 2.32. The van der Waals surface area contributed by atoms with E-state index in [0.29, 0.717) is 6.42 Å². The van der Waals surface area contributed by atoms with Gasteiger partial charge in [-0.15, -0.1) is 0 Å². The van der Waals surface area contributed by atoms with E-state index in [-0.39, 0.29) is 11.3 Å². The molecule has 0 radical (unpaired) electrons. The van der Waals surface area contributed by atoms with Crippen LogP contribution in [0.1, 0.15) is 57.7 Å². The summed E-state index contributed by atoms with van der Waals surface area (Å²) in [7, 11) is 2.22. The van der Waals surface area contributed by atoms with Crippen molar-refractivity contribution in [2.24, 2.45) is 11.3 Å². The Balaban J connectivity index is 1.71. The molecule has 150 valence electrons. The van der Waals surface area contributed by atoms with Crippen molar-refractivity contribution in [1.29, 1.82) is 0 Å². The number of amides is 1. The van der Waals surface area contributed by atoms with Crippen LogP contribution in [-0.2, 0) is 11.2 Å². The summed E-state index contributed by atoms with van der Waals surface area (Å²) >= 11 is 0. The highest BCUT2D eigenvalue weighted by atomic mass is 16.1. The molecule has 0 spiro atoms. The monoisotopic (exact) mass is 372 g/mol. The molecular weight excluding hydrogens is 336 g/mol. The zero-order valence-electron chi connectivity index (χ0n) is 17.8. The fourth-order valence-corrected chi connectivity index (χ4v) is 4.18. The van der Waals surface area contributed by atoms with Crippen molar-refractivity contribution in [3.8, 4) is 0 Å². The summed E-state index contributed by atoms with van der Waals surface area (Å²) in [6.07, 6.45) is 5.23. The second-order valence-electron chi connectivity index (χ2n) is 9.70. The topological polar surface area (TPSA) is 48.5 Å². The Kier molecular flexibility index (Phi) is 6.09. The van der Waals surface area contributed by atoms with Crippen LogP contribution in [0.5, 0.6) is 0 Å². The van der Waals surface area contributed by atoms with E-state index < -0.39 is 0 Å². The van der Waals surface area contributed by atoms with E-state index in [0.717, 1.165) is 48.9 Å². The first-order valence-corrected chi connectivity index (χ1v) is 10.4. The number of piperidine rings is 1. The zero-order chi connectivity index (χ0) is 19.6. The molecule has 5 heteroatoms. The van der Waals surface area contributed by atoms with Crippen LogP contribution >= 0.6 is 0 Å². The molecule has 1 amide bonds. The molecule has 1 aromatic heterocycles. The first kappa shape index (κ1) is 20.1. The number of pyridine rings is 1. The van der Waals surface area contributed by atoms with Gasteiger partial charge in [-0.05, 0) is 75.7 Å². The van der Waals surface area contributed by atoms with E-state index in [1.54, 1.807) is 0 Å². The number of likely N-dealkylation sites (tertiary alicyclic amines) is 1. The molecule has 27 heavy (non-hydrogen) atoms. The number of aryl methyl sites for hydroxylation is 2. The number of rotatable bonds is 4. The Bertz CT molecular complexity index is 672. The van der Waals surface area contributed by atoms with Gasteiger partial charge in [-0.2, -0.15) is 0 Å². The number of anilines is 2. The highest BCUT2D eigenvalue weighted by molar-refractivity contribution is 5.91. The van der Waals surface area contributed by atoms with Crippen molar-refractivity contribution in [1.82, 2.24) is 9.88 Å². The average molecular weight is 373 g/mol. The van der Waals surface area contributed by atoms with Gasteiger partial charge in [0.05, 0.1) is 11.4 Å². The Hall–Kier alpha value is -1.62. The summed E-state index contributed by atoms with van der Waals surface area (Å²) in [5, 5.41) is 3.04. The molecule has 0 unspecified atom stereocenters. The lowest BCUT2D eigenvalue weighted by atomic mass is 9.92. The number of aromatic nitrogens is 1. The van der Waals surface area contributed by atoms with Gasteiger partial charge >= 0.3 is 0 Å². The van der Waals surface area contributed by atoms with E-state index >= 15 is 0 Å².